The van der Waals surface area contributed by atoms with Crippen LogP contribution in [0.2, 0.25) is 0 Å². The van der Waals surface area contributed by atoms with E-state index in [-0.39, 0.29) is 18.7 Å². The lowest BCUT2D eigenvalue weighted by molar-refractivity contribution is -0.144. The molecule has 1 atom stereocenters. The van der Waals surface area contributed by atoms with E-state index in [1.54, 1.807) is 0 Å². The molecule has 0 rings (SSSR count). The fraction of sp³-hybridized carbons (Fsp3) is 0.973. The number of unbranched alkanes of at least 4 members (excludes halogenated alkanes) is 17. The summed E-state index contributed by atoms with van der Waals surface area (Å²) >= 11 is 0. The van der Waals surface area contributed by atoms with E-state index in [1.807, 2.05) is 6.92 Å². The average Bonchev–Trinajstić information content (AvgIpc) is 3.00. The SMILES string of the molecule is CCCCCCCCC(CCCCCCCC)OC(O)CCCCN(CCO)CCCCCCCCCC(=O)OCCC. The Hall–Kier alpha value is -0.690. The largest absolute Gasteiger partial charge is 0.466 e. The van der Waals surface area contributed by atoms with E-state index < -0.39 is 6.29 Å². The smallest absolute Gasteiger partial charge is 0.305 e. The number of carbonyl (C=O) groups excluding carboxylic acids is 1. The van der Waals surface area contributed by atoms with Gasteiger partial charge in [0.2, 0.25) is 0 Å². The van der Waals surface area contributed by atoms with Crippen molar-refractivity contribution in [3.8, 4) is 0 Å². The van der Waals surface area contributed by atoms with Crippen LogP contribution in [0.4, 0.5) is 0 Å². The molecule has 0 heterocycles. The Morgan fingerprint density at radius 1 is 0.581 bits per heavy atom. The van der Waals surface area contributed by atoms with Crippen LogP contribution in [0.15, 0.2) is 0 Å². The number of ether oxygens (including phenoxy) is 2. The molecule has 0 aliphatic heterocycles. The monoisotopic (exact) mass is 614 g/mol. The number of nitrogens with zero attached hydrogens (tertiary/aromatic N) is 1. The zero-order valence-electron chi connectivity index (χ0n) is 29.1. The second-order valence-corrected chi connectivity index (χ2v) is 12.8. The van der Waals surface area contributed by atoms with Gasteiger partial charge in [-0.25, -0.2) is 0 Å². The third kappa shape index (κ3) is 31.1. The third-order valence-corrected chi connectivity index (χ3v) is 8.52. The number of hydrogen-bond acceptors (Lipinski definition) is 6. The first-order valence-corrected chi connectivity index (χ1v) is 18.9. The molecule has 0 aliphatic carbocycles. The van der Waals surface area contributed by atoms with Crippen molar-refractivity contribution in [2.45, 2.75) is 200 Å². The molecule has 0 aromatic rings. The molecule has 0 aromatic heterocycles. The summed E-state index contributed by atoms with van der Waals surface area (Å²) in [5, 5.41) is 20.2. The number of esters is 1. The van der Waals surface area contributed by atoms with Crippen molar-refractivity contribution in [2.75, 3.05) is 32.8 Å². The fourth-order valence-corrected chi connectivity index (χ4v) is 5.78. The van der Waals surface area contributed by atoms with Crippen LogP contribution < -0.4 is 0 Å². The first-order valence-electron chi connectivity index (χ1n) is 18.9. The van der Waals surface area contributed by atoms with E-state index in [9.17, 15) is 15.0 Å². The van der Waals surface area contributed by atoms with Crippen LogP contribution in [0.1, 0.15) is 188 Å². The van der Waals surface area contributed by atoms with Gasteiger partial charge in [-0.3, -0.25) is 4.79 Å². The summed E-state index contributed by atoms with van der Waals surface area (Å²) in [4.78, 5) is 13.9. The summed E-state index contributed by atoms with van der Waals surface area (Å²) in [6, 6.07) is 0. The van der Waals surface area contributed by atoms with E-state index in [0.717, 1.165) is 71.0 Å². The average molecular weight is 614 g/mol. The Balaban J connectivity index is 4.10. The van der Waals surface area contributed by atoms with Gasteiger partial charge in [0, 0.05) is 13.0 Å². The predicted molar refractivity (Wildman–Crippen MR) is 182 cm³/mol. The third-order valence-electron chi connectivity index (χ3n) is 8.52. The van der Waals surface area contributed by atoms with Gasteiger partial charge in [-0.2, -0.15) is 0 Å². The minimum atomic E-state index is -0.654. The lowest BCUT2D eigenvalue weighted by Gasteiger charge is -2.23. The zero-order chi connectivity index (χ0) is 31.6. The lowest BCUT2D eigenvalue weighted by Crippen LogP contribution is -2.29. The highest BCUT2D eigenvalue weighted by molar-refractivity contribution is 5.69. The lowest BCUT2D eigenvalue weighted by atomic mass is 10.0. The first-order chi connectivity index (χ1) is 21.1. The number of hydrogen-bond donors (Lipinski definition) is 2. The van der Waals surface area contributed by atoms with E-state index in [2.05, 4.69) is 18.7 Å². The van der Waals surface area contributed by atoms with Crippen molar-refractivity contribution < 1.29 is 24.5 Å². The van der Waals surface area contributed by atoms with Gasteiger partial charge in [-0.1, -0.05) is 130 Å². The van der Waals surface area contributed by atoms with Gasteiger partial charge in [0.1, 0.15) is 0 Å². The Labute approximate surface area is 268 Å². The second-order valence-electron chi connectivity index (χ2n) is 12.8. The van der Waals surface area contributed by atoms with Gasteiger partial charge in [0.15, 0.2) is 6.29 Å². The molecule has 0 saturated heterocycles. The maximum absolute atomic E-state index is 11.5. The summed E-state index contributed by atoms with van der Waals surface area (Å²) in [6.45, 7) is 10.0. The highest BCUT2D eigenvalue weighted by Crippen LogP contribution is 2.19. The zero-order valence-corrected chi connectivity index (χ0v) is 29.1. The van der Waals surface area contributed by atoms with E-state index in [4.69, 9.17) is 9.47 Å². The fourth-order valence-electron chi connectivity index (χ4n) is 5.78. The molecule has 6 heteroatoms. The van der Waals surface area contributed by atoms with Crippen LogP contribution in [0.5, 0.6) is 0 Å². The van der Waals surface area contributed by atoms with Gasteiger partial charge in [-0.15, -0.1) is 0 Å². The normalized spacial score (nSPS) is 12.4. The predicted octanol–water partition coefficient (Wildman–Crippen LogP) is 9.73. The van der Waals surface area contributed by atoms with Gasteiger partial charge in [0.05, 0.1) is 19.3 Å². The van der Waals surface area contributed by atoms with E-state index in [0.29, 0.717) is 19.4 Å². The molecule has 43 heavy (non-hydrogen) atoms. The van der Waals surface area contributed by atoms with Crippen LogP contribution in [-0.4, -0.2) is 66.3 Å². The molecule has 0 amide bonds. The Bertz CT molecular complexity index is 545. The van der Waals surface area contributed by atoms with Gasteiger partial charge in [0.25, 0.3) is 0 Å². The summed E-state index contributed by atoms with van der Waals surface area (Å²) < 4.78 is 11.3. The van der Waals surface area contributed by atoms with E-state index in [1.165, 1.54) is 103 Å². The molecule has 1 unspecified atom stereocenters. The minimum Gasteiger partial charge on any atom is -0.466 e. The molecular weight excluding hydrogens is 538 g/mol. The molecule has 0 aliphatic rings. The highest BCUT2D eigenvalue weighted by Gasteiger charge is 2.15. The maximum Gasteiger partial charge on any atom is 0.305 e. The van der Waals surface area contributed by atoms with Gasteiger partial charge >= 0.3 is 5.97 Å². The maximum atomic E-state index is 11.5. The summed E-state index contributed by atoms with van der Waals surface area (Å²) in [5.74, 6) is -0.0518. The molecule has 0 spiro atoms. The van der Waals surface area contributed by atoms with Crippen LogP contribution in [0, 0.1) is 0 Å². The van der Waals surface area contributed by atoms with Crippen LogP contribution in [0.25, 0.3) is 0 Å². The molecule has 2 N–H and O–H groups in total. The number of aliphatic hydroxyl groups excluding tert-OH is 2. The molecule has 0 aromatic carbocycles. The van der Waals surface area contributed by atoms with Crippen molar-refractivity contribution >= 4 is 5.97 Å². The molecule has 0 bridgehead atoms. The topological polar surface area (TPSA) is 79.2 Å². The Kier molecular flexibility index (Phi) is 33.6. The molecule has 0 fully saturated rings. The number of aliphatic hydroxyl groups is 2. The van der Waals surface area contributed by atoms with Crippen molar-refractivity contribution in [3.05, 3.63) is 0 Å². The van der Waals surface area contributed by atoms with Crippen LogP contribution in [-0.2, 0) is 14.3 Å². The van der Waals surface area contributed by atoms with Crippen LogP contribution >= 0.6 is 0 Å². The van der Waals surface area contributed by atoms with Gasteiger partial charge in [-0.05, 0) is 64.5 Å². The highest BCUT2D eigenvalue weighted by atomic mass is 16.6. The Morgan fingerprint density at radius 3 is 1.58 bits per heavy atom. The van der Waals surface area contributed by atoms with E-state index >= 15 is 0 Å². The molecule has 0 saturated carbocycles. The van der Waals surface area contributed by atoms with Crippen LogP contribution in [0.3, 0.4) is 0 Å². The standard InChI is InChI=1S/C37H75NO5/c1-4-7-9-11-16-20-26-35(27-21-17-12-10-8-5-2)43-37(41)29-23-25-31-38(32-33-39)30-24-19-15-13-14-18-22-28-36(40)42-34-6-3/h35,37,39,41H,4-34H2,1-3H3. The summed E-state index contributed by atoms with van der Waals surface area (Å²) in [7, 11) is 0. The molecular formula is C37H75NO5. The summed E-state index contributed by atoms with van der Waals surface area (Å²) in [5.41, 5.74) is 0. The van der Waals surface area contributed by atoms with Crippen molar-refractivity contribution in [1.82, 2.24) is 4.90 Å². The second kappa shape index (κ2) is 34.2. The van der Waals surface area contributed by atoms with Crippen molar-refractivity contribution in [3.63, 3.8) is 0 Å². The first kappa shape index (κ1) is 42.3. The molecule has 0 radical (unpaired) electrons. The number of rotatable bonds is 35. The van der Waals surface area contributed by atoms with Crippen molar-refractivity contribution in [2.24, 2.45) is 0 Å². The minimum absolute atomic E-state index is 0.0518. The Morgan fingerprint density at radius 2 is 1.05 bits per heavy atom. The molecule has 6 nitrogen and oxygen atoms in total. The summed E-state index contributed by atoms with van der Waals surface area (Å²) in [6.07, 6.45) is 29.4. The van der Waals surface area contributed by atoms with Crippen molar-refractivity contribution in [1.29, 1.82) is 0 Å². The number of carbonyl (C=O) groups is 1. The molecule has 258 valence electrons. The quantitative estimate of drug-likeness (QED) is 0.0421. The van der Waals surface area contributed by atoms with Gasteiger partial charge < -0.3 is 24.6 Å².